The molecule has 0 bridgehead atoms. The summed E-state index contributed by atoms with van der Waals surface area (Å²) in [6.45, 7) is 1.66. The summed E-state index contributed by atoms with van der Waals surface area (Å²) in [4.78, 5) is 11.7. The third-order valence-electron chi connectivity index (χ3n) is 3.03. The molecule has 0 atom stereocenters. The summed E-state index contributed by atoms with van der Waals surface area (Å²) in [7, 11) is -2.55. The molecule has 0 spiro atoms. The molecule has 2 aromatic rings. The maximum absolute atomic E-state index is 12.6. The summed E-state index contributed by atoms with van der Waals surface area (Å²) in [5, 5.41) is 0.0732. The lowest BCUT2D eigenvalue weighted by atomic mass is 10.1. The van der Waals surface area contributed by atoms with E-state index in [2.05, 4.69) is 4.74 Å². The van der Waals surface area contributed by atoms with E-state index in [1.54, 1.807) is 25.1 Å². The number of methoxy groups -OCH3 is 1. The lowest BCUT2D eigenvalue weighted by Gasteiger charge is -2.10. The molecule has 0 fully saturated rings. The van der Waals surface area contributed by atoms with Crippen LogP contribution in [0, 0.1) is 6.92 Å². The number of esters is 1. The number of sulfone groups is 1. The molecule has 0 heterocycles. The molecule has 0 unspecified atom stereocenters. The normalized spacial score (nSPS) is 11.2. The number of halogens is 1. The fourth-order valence-corrected chi connectivity index (χ4v) is 3.80. The van der Waals surface area contributed by atoms with Gasteiger partial charge in [0.2, 0.25) is 9.84 Å². The van der Waals surface area contributed by atoms with Crippen molar-refractivity contribution in [2.75, 3.05) is 7.11 Å². The molecule has 0 aliphatic carbocycles. The van der Waals surface area contributed by atoms with Gasteiger partial charge in [0, 0.05) is 0 Å². The minimum atomic E-state index is -3.79. The molecular weight excluding hydrogens is 312 g/mol. The molecule has 6 heteroatoms. The summed E-state index contributed by atoms with van der Waals surface area (Å²) in [6, 6.07) is 10.6. The summed E-state index contributed by atoms with van der Waals surface area (Å²) in [6.07, 6.45) is 0. The van der Waals surface area contributed by atoms with Crippen molar-refractivity contribution in [3.8, 4) is 0 Å². The van der Waals surface area contributed by atoms with Crippen molar-refractivity contribution in [1.29, 1.82) is 0 Å². The first-order valence-electron chi connectivity index (χ1n) is 6.06. The Morgan fingerprint density at radius 2 is 1.76 bits per heavy atom. The minimum Gasteiger partial charge on any atom is -0.465 e. The number of aryl methyl sites for hydroxylation is 1. The predicted molar refractivity (Wildman–Crippen MR) is 79.4 cm³/mol. The van der Waals surface area contributed by atoms with Crippen LogP contribution in [0.3, 0.4) is 0 Å². The van der Waals surface area contributed by atoms with Crippen LogP contribution in [-0.2, 0) is 14.6 Å². The van der Waals surface area contributed by atoms with Gasteiger partial charge in [-0.15, -0.1) is 0 Å². The fourth-order valence-electron chi connectivity index (χ4n) is 1.92. The van der Waals surface area contributed by atoms with E-state index in [1.807, 2.05) is 0 Å². The van der Waals surface area contributed by atoms with Crippen molar-refractivity contribution >= 4 is 27.4 Å². The molecule has 0 aromatic heterocycles. The van der Waals surface area contributed by atoms with Gasteiger partial charge in [0.05, 0.1) is 27.5 Å². The second-order valence-electron chi connectivity index (χ2n) is 4.41. The van der Waals surface area contributed by atoms with Gasteiger partial charge in [-0.05, 0) is 36.8 Å². The van der Waals surface area contributed by atoms with Gasteiger partial charge in [-0.2, -0.15) is 0 Å². The summed E-state index contributed by atoms with van der Waals surface area (Å²) < 4.78 is 29.8. The highest BCUT2D eigenvalue weighted by Gasteiger charge is 2.23. The monoisotopic (exact) mass is 324 g/mol. The molecule has 110 valence electrons. The van der Waals surface area contributed by atoms with E-state index in [1.165, 1.54) is 31.4 Å². The van der Waals surface area contributed by atoms with Gasteiger partial charge in [0.25, 0.3) is 0 Å². The van der Waals surface area contributed by atoms with Crippen LogP contribution in [0.5, 0.6) is 0 Å². The first-order chi connectivity index (χ1) is 9.87. The van der Waals surface area contributed by atoms with Gasteiger partial charge in [-0.3, -0.25) is 0 Å². The van der Waals surface area contributed by atoms with Crippen molar-refractivity contribution in [3.63, 3.8) is 0 Å². The Bertz CT molecular complexity index is 783. The quantitative estimate of drug-likeness (QED) is 0.813. The Morgan fingerprint density at radius 1 is 1.14 bits per heavy atom. The minimum absolute atomic E-state index is 0.0732. The highest BCUT2D eigenvalue weighted by molar-refractivity contribution is 7.91. The van der Waals surface area contributed by atoms with Gasteiger partial charge in [-0.25, -0.2) is 13.2 Å². The predicted octanol–water partition coefficient (Wildman–Crippen LogP) is 3.27. The maximum atomic E-state index is 12.6. The molecule has 0 saturated heterocycles. The lowest BCUT2D eigenvalue weighted by molar-refractivity contribution is 0.0599. The molecular formula is C15H13ClO4S. The zero-order valence-electron chi connectivity index (χ0n) is 11.5. The van der Waals surface area contributed by atoms with Crippen molar-refractivity contribution in [3.05, 3.63) is 58.6 Å². The Hall–Kier alpha value is -1.85. The standard InChI is InChI=1S/C15H13ClO4S/c1-10-8-13(16)14(9-12(10)15(17)20-2)21(18,19)11-6-4-3-5-7-11/h3-9H,1-2H3. The number of hydrogen-bond donors (Lipinski definition) is 0. The molecule has 2 aromatic carbocycles. The van der Waals surface area contributed by atoms with Crippen molar-refractivity contribution < 1.29 is 17.9 Å². The van der Waals surface area contributed by atoms with E-state index in [0.29, 0.717) is 5.56 Å². The number of hydrogen-bond acceptors (Lipinski definition) is 4. The van der Waals surface area contributed by atoms with Crippen molar-refractivity contribution in [2.45, 2.75) is 16.7 Å². The summed E-state index contributed by atoms with van der Waals surface area (Å²) in [5.74, 6) is -0.603. The molecule has 0 aliphatic heterocycles. The number of carbonyl (C=O) groups excluding carboxylic acids is 1. The highest BCUT2D eigenvalue weighted by Crippen LogP contribution is 2.30. The Morgan fingerprint density at radius 3 is 2.33 bits per heavy atom. The molecule has 0 radical (unpaired) electrons. The molecule has 4 nitrogen and oxygen atoms in total. The van der Waals surface area contributed by atoms with E-state index in [0.717, 1.165) is 0 Å². The third-order valence-corrected chi connectivity index (χ3v) is 5.26. The fraction of sp³-hybridized carbons (Fsp3) is 0.133. The van der Waals surface area contributed by atoms with E-state index in [4.69, 9.17) is 11.6 Å². The van der Waals surface area contributed by atoms with Crippen LogP contribution < -0.4 is 0 Å². The second kappa shape index (κ2) is 5.87. The van der Waals surface area contributed by atoms with Gasteiger partial charge in [0.15, 0.2) is 0 Å². The van der Waals surface area contributed by atoms with Crippen LogP contribution in [0.25, 0.3) is 0 Å². The number of rotatable bonds is 3. The first-order valence-corrected chi connectivity index (χ1v) is 7.92. The maximum Gasteiger partial charge on any atom is 0.338 e. The zero-order valence-corrected chi connectivity index (χ0v) is 13.0. The van der Waals surface area contributed by atoms with E-state index in [9.17, 15) is 13.2 Å². The van der Waals surface area contributed by atoms with Crippen LogP contribution in [0.2, 0.25) is 5.02 Å². The highest BCUT2D eigenvalue weighted by atomic mass is 35.5. The van der Waals surface area contributed by atoms with Gasteiger partial charge in [0.1, 0.15) is 0 Å². The second-order valence-corrected chi connectivity index (χ2v) is 6.73. The van der Waals surface area contributed by atoms with E-state index in [-0.39, 0.29) is 20.4 Å². The van der Waals surface area contributed by atoms with Crippen LogP contribution in [0.4, 0.5) is 0 Å². The van der Waals surface area contributed by atoms with Gasteiger partial charge < -0.3 is 4.74 Å². The van der Waals surface area contributed by atoms with Crippen LogP contribution in [0.15, 0.2) is 52.3 Å². The van der Waals surface area contributed by atoms with Gasteiger partial charge in [-0.1, -0.05) is 29.8 Å². The van der Waals surface area contributed by atoms with Crippen LogP contribution in [-0.4, -0.2) is 21.5 Å². The third kappa shape index (κ3) is 2.94. The Kier molecular flexibility index (Phi) is 4.34. The van der Waals surface area contributed by atoms with Crippen LogP contribution >= 0.6 is 11.6 Å². The van der Waals surface area contributed by atoms with E-state index >= 15 is 0 Å². The molecule has 21 heavy (non-hydrogen) atoms. The zero-order chi connectivity index (χ0) is 15.6. The SMILES string of the molecule is COC(=O)c1cc(S(=O)(=O)c2ccccc2)c(Cl)cc1C. The number of benzene rings is 2. The van der Waals surface area contributed by atoms with Crippen molar-refractivity contribution in [2.24, 2.45) is 0 Å². The topological polar surface area (TPSA) is 60.4 Å². The summed E-state index contributed by atoms with van der Waals surface area (Å²) >= 11 is 6.05. The average Bonchev–Trinajstić information content (AvgIpc) is 2.47. The lowest BCUT2D eigenvalue weighted by Crippen LogP contribution is -2.08. The number of carbonyl (C=O) groups is 1. The Balaban J connectivity index is 2.67. The molecule has 0 saturated carbocycles. The molecule has 0 amide bonds. The largest absolute Gasteiger partial charge is 0.465 e. The summed E-state index contributed by atoms with van der Waals surface area (Å²) in [5.41, 5.74) is 0.732. The molecule has 0 N–H and O–H groups in total. The van der Waals surface area contributed by atoms with Crippen molar-refractivity contribution in [1.82, 2.24) is 0 Å². The molecule has 0 aliphatic rings. The Labute approximate surface area is 128 Å². The number of ether oxygens (including phenoxy) is 1. The first kappa shape index (κ1) is 15.5. The van der Waals surface area contributed by atoms with Crippen LogP contribution in [0.1, 0.15) is 15.9 Å². The van der Waals surface area contributed by atoms with Gasteiger partial charge >= 0.3 is 5.97 Å². The molecule has 2 rings (SSSR count). The van der Waals surface area contributed by atoms with E-state index < -0.39 is 15.8 Å². The smallest absolute Gasteiger partial charge is 0.338 e. The average molecular weight is 325 g/mol.